The molecule has 0 bridgehead atoms. The van der Waals surface area contributed by atoms with Crippen LogP contribution in [-0.4, -0.2) is 25.7 Å². The van der Waals surface area contributed by atoms with Crippen LogP contribution in [0.3, 0.4) is 0 Å². The molecule has 8 heteroatoms. The highest BCUT2D eigenvalue weighted by Gasteiger charge is 2.14. The van der Waals surface area contributed by atoms with Crippen molar-refractivity contribution in [3.05, 3.63) is 68.7 Å². The third-order valence-electron chi connectivity index (χ3n) is 3.72. The summed E-state index contributed by atoms with van der Waals surface area (Å²) in [5.41, 5.74) is 1.92. The van der Waals surface area contributed by atoms with Crippen LogP contribution in [0.5, 0.6) is 0 Å². The van der Waals surface area contributed by atoms with Crippen LogP contribution >= 0.6 is 11.6 Å². The minimum atomic E-state index is -0.265. The van der Waals surface area contributed by atoms with Gasteiger partial charge in [-0.1, -0.05) is 30.7 Å². The molecule has 3 aromatic rings. The predicted molar refractivity (Wildman–Crippen MR) is 99.9 cm³/mol. The summed E-state index contributed by atoms with van der Waals surface area (Å²) >= 11 is 5.86. The zero-order chi connectivity index (χ0) is 18.7. The van der Waals surface area contributed by atoms with E-state index in [-0.39, 0.29) is 23.8 Å². The molecule has 0 saturated carbocycles. The van der Waals surface area contributed by atoms with E-state index in [0.717, 1.165) is 5.56 Å². The number of nitrogens with one attached hydrogen (secondary N) is 2. The van der Waals surface area contributed by atoms with E-state index in [1.807, 2.05) is 6.92 Å². The Morgan fingerprint density at radius 3 is 2.69 bits per heavy atom. The molecule has 2 aromatic heterocycles. The third-order valence-corrected chi connectivity index (χ3v) is 3.97. The molecule has 0 aliphatic carbocycles. The van der Waals surface area contributed by atoms with E-state index in [2.05, 4.69) is 20.4 Å². The Hall–Kier alpha value is -2.93. The summed E-state index contributed by atoms with van der Waals surface area (Å²) in [6, 6.07) is 10.2. The minimum absolute atomic E-state index is 0.195. The number of anilines is 1. The van der Waals surface area contributed by atoms with Crippen molar-refractivity contribution in [2.24, 2.45) is 0 Å². The summed E-state index contributed by atoms with van der Waals surface area (Å²) < 4.78 is 1.43. The van der Waals surface area contributed by atoms with Gasteiger partial charge in [-0.15, -0.1) is 0 Å². The van der Waals surface area contributed by atoms with Crippen LogP contribution in [0, 0.1) is 6.92 Å². The van der Waals surface area contributed by atoms with E-state index in [4.69, 9.17) is 11.6 Å². The number of H-pyrrole nitrogens is 1. The largest absolute Gasteiger partial charge is 0.310 e. The molecule has 3 rings (SSSR count). The fourth-order valence-corrected chi connectivity index (χ4v) is 2.63. The lowest BCUT2D eigenvalue weighted by Gasteiger charge is -2.09. The maximum atomic E-state index is 12.4. The smallest absolute Gasteiger partial charge is 0.252 e. The molecule has 0 radical (unpaired) electrons. The Balaban J connectivity index is 1.85. The fraction of sp³-hybridized carbons (Fsp3) is 0.222. The second-order valence-electron chi connectivity index (χ2n) is 5.85. The second kappa shape index (κ2) is 7.53. The number of aromatic amines is 1. The van der Waals surface area contributed by atoms with Crippen LogP contribution in [-0.2, 0) is 17.6 Å². The van der Waals surface area contributed by atoms with E-state index in [9.17, 15) is 9.59 Å². The maximum Gasteiger partial charge on any atom is 0.252 e. The van der Waals surface area contributed by atoms with Crippen molar-refractivity contribution in [3.8, 4) is 5.95 Å². The van der Waals surface area contributed by atoms with Gasteiger partial charge in [-0.05, 0) is 31.0 Å². The maximum absolute atomic E-state index is 12.4. The first-order chi connectivity index (χ1) is 12.4. The average Bonchev–Trinajstić information content (AvgIpc) is 2.96. The molecule has 0 atom stereocenters. The summed E-state index contributed by atoms with van der Waals surface area (Å²) in [5, 5.41) is 7.76. The highest BCUT2D eigenvalue weighted by atomic mass is 35.5. The fourth-order valence-electron chi connectivity index (χ4n) is 2.50. The lowest BCUT2D eigenvalue weighted by molar-refractivity contribution is -0.115. The molecule has 134 valence electrons. The number of hydrogen-bond donors (Lipinski definition) is 2. The first-order valence-electron chi connectivity index (χ1n) is 8.16. The molecule has 26 heavy (non-hydrogen) atoms. The van der Waals surface area contributed by atoms with Crippen molar-refractivity contribution in [3.63, 3.8) is 0 Å². The van der Waals surface area contributed by atoms with Crippen LogP contribution in [0.25, 0.3) is 5.95 Å². The molecule has 2 N–H and O–H groups in total. The number of nitrogens with zero attached hydrogens (tertiary/aromatic N) is 3. The summed E-state index contributed by atoms with van der Waals surface area (Å²) in [5.74, 6) is 0.504. The SMILES string of the molecule is CCc1cc(=O)[nH]c(-n2nc(C)cc2NC(=O)Cc2ccc(Cl)cc2)n1. The van der Waals surface area contributed by atoms with Crippen molar-refractivity contribution in [1.29, 1.82) is 0 Å². The number of carbonyl (C=O) groups is 1. The molecule has 1 aromatic carbocycles. The Morgan fingerprint density at radius 1 is 1.27 bits per heavy atom. The quantitative estimate of drug-likeness (QED) is 0.721. The number of carbonyl (C=O) groups excluding carboxylic acids is 1. The van der Waals surface area contributed by atoms with Crippen LogP contribution in [0.1, 0.15) is 23.9 Å². The second-order valence-corrected chi connectivity index (χ2v) is 6.28. The summed E-state index contributed by atoms with van der Waals surface area (Å²) in [6.45, 7) is 3.71. The van der Waals surface area contributed by atoms with E-state index < -0.39 is 0 Å². The normalized spacial score (nSPS) is 10.7. The van der Waals surface area contributed by atoms with Gasteiger partial charge >= 0.3 is 0 Å². The molecule has 0 saturated heterocycles. The number of benzene rings is 1. The Bertz CT molecular complexity index is 992. The summed E-state index contributed by atoms with van der Waals surface area (Å²) in [6.07, 6.45) is 0.815. The minimum Gasteiger partial charge on any atom is -0.310 e. The van der Waals surface area contributed by atoms with Gasteiger partial charge in [-0.2, -0.15) is 9.78 Å². The zero-order valence-corrected chi connectivity index (χ0v) is 15.2. The lowest BCUT2D eigenvalue weighted by atomic mass is 10.1. The highest BCUT2D eigenvalue weighted by Crippen LogP contribution is 2.15. The van der Waals surface area contributed by atoms with Crippen LogP contribution in [0.15, 0.2) is 41.2 Å². The van der Waals surface area contributed by atoms with Crippen LogP contribution in [0.4, 0.5) is 5.82 Å². The van der Waals surface area contributed by atoms with Gasteiger partial charge in [0, 0.05) is 22.8 Å². The van der Waals surface area contributed by atoms with Crippen molar-refractivity contribution in [1.82, 2.24) is 19.7 Å². The Morgan fingerprint density at radius 2 is 2.00 bits per heavy atom. The number of amides is 1. The summed E-state index contributed by atoms with van der Waals surface area (Å²) in [4.78, 5) is 31.2. The number of halogens is 1. The van der Waals surface area contributed by atoms with Gasteiger partial charge in [-0.3, -0.25) is 14.6 Å². The highest BCUT2D eigenvalue weighted by molar-refractivity contribution is 6.30. The van der Waals surface area contributed by atoms with E-state index in [1.165, 1.54) is 10.7 Å². The lowest BCUT2D eigenvalue weighted by Crippen LogP contribution is -2.20. The van der Waals surface area contributed by atoms with Gasteiger partial charge in [0.1, 0.15) is 5.82 Å². The van der Waals surface area contributed by atoms with Gasteiger partial charge < -0.3 is 5.32 Å². The van der Waals surface area contributed by atoms with E-state index >= 15 is 0 Å². The van der Waals surface area contributed by atoms with E-state index in [1.54, 1.807) is 37.3 Å². The zero-order valence-electron chi connectivity index (χ0n) is 14.4. The van der Waals surface area contributed by atoms with Gasteiger partial charge in [0.05, 0.1) is 12.1 Å². The standard InChI is InChI=1S/C18H18ClN5O2/c1-3-14-10-17(26)22-18(20-14)24-15(8-11(2)23-24)21-16(25)9-12-4-6-13(19)7-5-12/h4-8,10H,3,9H2,1-2H3,(H,21,25)(H,20,22,26). The number of aryl methyl sites for hydroxylation is 2. The molecule has 0 unspecified atom stereocenters. The van der Waals surface area contributed by atoms with Gasteiger partial charge in [-0.25, -0.2) is 4.98 Å². The van der Waals surface area contributed by atoms with Crippen molar-refractivity contribution in [2.45, 2.75) is 26.7 Å². The molecule has 7 nitrogen and oxygen atoms in total. The molecular weight excluding hydrogens is 354 g/mol. The molecule has 0 spiro atoms. The summed E-state index contributed by atoms with van der Waals surface area (Å²) in [7, 11) is 0. The van der Waals surface area contributed by atoms with Gasteiger partial charge in [0.2, 0.25) is 11.9 Å². The number of aromatic nitrogens is 4. The van der Waals surface area contributed by atoms with Crippen LogP contribution in [0.2, 0.25) is 5.02 Å². The first kappa shape index (κ1) is 17.9. The number of hydrogen-bond acceptors (Lipinski definition) is 4. The van der Waals surface area contributed by atoms with Gasteiger partial charge in [0.25, 0.3) is 5.56 Å². The molecule has 1 amide bonds. The van der Waals surface area contributed by atoms with Crippen molar-refractivity contribution in [2.75, 3.05) is 5.32 Å². The van der Waals surface area contributed by atoms with Crippen molar-refractivity contribution < 1.29 is 4.79 Å². The van der Waals surface area contributed by atoms with Crippen LogP contribution < -0.4 is 10.9 Å². The van der Waals surface area contributed by atoms with E-state index in [0.29, 0.717) is 28.6 Å². The van der Waals surface area contributed by atoms with Crippen molar-refractivity contribution >= 4 is 23.3 Å². The Kier molecular flexibility index (Phi) is 5.18. The first-order valence-corrected chi connectivity index (χ1v) is 8.54. The van der Waals surface area contributed by atoms with Gasteiger partial charge in [0.15, 0.2) is 0 Å². The third kappa shape index (κ3) is 4.18. The monoisotopic (exact) mass is 371 g/mol. The molecule has 0 aliphatic rings. The molecular formula is C18H18ClN5O2. The molecule has 2 heterocycles. The Labute approximate surface area is 155 Å². The predicted octanol–water partition coefficient (Wildman–Crippen LogP) is 2.66. The average molecular weight is 372 g/mol. The topological polar surface area (TPSA) is 92.7 Å². The molecule has 0 fully saturated rings. The number of rotatable bonds is 5. The molecule has 0 aliphatic heterocycles.